The quantitative estimate of drug-likeness (QED) is 0.482. The van der Waals surface area contributed by atoms with Crippen LogP contribution in [0.2, 0.25) is 5.02 Å². The van der Waals surface area contributed by atoms with E-state index in [0.29, 0.717) is 0 Å². The third-order valence-electron chi connectivity index (χ3n) is 1.66. The van der Waals surface area contributed by atoms with Crippen molar-refractivity contribution >= 4 is 56.1 Å². The molecule has 0 aliphatic rings. The molecule has 4 heteroatoms. The summed E-state index contributed by atoms with van der Waals surface area (Å²) in [5.41, 5.74) is 1.19. The second-order valence-corrected chi connectivity index (χ2v) is 3.75. The Morgan fingerprint density at radius 1 is 1.38 bits per heavy atom. The van der Waals surface area contributed by atoms with E-state index >= 15 is 0 Å². The molecule has 2 aromatic rings. The van der Waals surface area contributed by atoms with E-state index in [1.807, 2.05) is 18.2 Å². The summed E-state index contributed by atoms with van der Waals surface area (Å²) in [5, 5.41) is 5.21. The zero-order valence-electron chi connectivity index (χ0n) is 7.10. The zero-order chi connectivity index (χ0) is 7.84. The molecule has 0 saturated carbocycles. The third-order valence-corrected chi connectivity index (χ3v) is 2.88. The first kappa shape index (κ1) is 13.7. The number of thiophene rings is 1. The van der Waals surface area contributed by atoms with Gasteiger partial charge in [0, 0.05) is 5.02 Å². The van der Waals surface area contributed by atoms with Gasteiger partial charge in [-0.25, -0.2) is 0 Å². The molecule has 2 rings (SSSR count). The summed E-state index contributed by atoms with van der Waals surface area (Å²) in [5.74, 6) is 0. The van der Waals surface area contributed by atoms with Crippen LogP contribution in [-0.4, -0.2) is 23.1 Å². The molecule has 0 nitrogen and oxygen atoms in total. The minimum atomic E-state index is 0. The van der Waals surface area contributed by atoms with Gasteiger partial charge >= 0.3 is 23.1 Å². The van der Waals surface area contributed by atoms with Gasteiger partial charge in [0.25, 0.3) is 0 Å². The summed E-state index contributed by atoms with van der Waals surface area (Å²) in [4.78, 5) is 0. The van der Waals surface area contributed by atoms with Crippen LogP contribution >= 0.6 is 22.9 Å². The molecule has 0 aliphatic heterocycles. The molecule has 0 amide bonds. The second kappa shape index (κ2) is 5.56. The number of aryl methyl sites for hydroxylation is 1. The van der Waals surface area contributed by atoms with Crippen LogP contribution in [0.5, 0.6) is 0 Å². The standard InChI is InChI=1S/C9H6ClS.BrH.Mg/c1-6-5-11-9-3-2-7(10)4-8(6)9;;/h2-4H,1H3;1H;/q-1;;+2/p-1. The van der Waals surface area contributed by atoms with E-state index in [-0.39, 0.29) is 40.0 Å². The van der Waals surface area contributed by atoms with Crippen LogP contribution in [0.3, 0.4) is 0 Å². The van der Waals surface area contributed by atoms with Crippen LogP contribution in [0.25, 0.3) is 10.1 Å². The van der Waals surface area contributed by atoms with Crippen LogP contribution < -0.4 is 17.0 Å². The van der Waals surface area contributed by atoms with Gasteiger partial charge in [0.2, 0.25) is 0 Å². The Morgan fingerprint density at radius 2 is 2.08 bits per heavy atom. The fraction of sp³-hybridized carbons (Fsp3) is 0.111. The average molecular weight is 286 g/mol. The van der Waals surface area contributed by atoms with E-state index in [2.05, 4.69) is 12.3 Å². The van der Waals surface area contributed by atoms with Crippen molar-refractivity contribution in [2.75, 3.05) is 0 Å². The summed E-state index contributed by atoms with van der Waals surface area (Å²) in [6, 6.07) is 5.93. The van der Waals surface area contributed by atoms with Crippen LogP contribution in [0.4, 0.5) is 0 Å². The molecule has 13 heavy (non-hydrogen) atoms. The number of halogens is 2. The first-order valence-electron chi connectivity index (χ1n) is 3.34. The summed E-state index contributed by atoms with van der Waals surface area (Å²) < 4.78 is 1.26. The predicted molar refractivity (Wildman–Crippen MR) is 56.2 cm³/mol. The van der Waals surface area contributed by atoms with E-state index in [4.69, 9.17) is 11.6 Å². The summed E-state index contributed by atoms with van der Waals surface area (Å²) in [6.07, 6.45) is 0. The number of benzene rings is 1. The van der Waals surface area contributed by atoms with Crippen LogP contribution in [0.15, 0.2) is 18.2 Å². The van der Waals surface area contributed by atoms with Crippen molar-refractivity contribution < 1.29 is 17.0 Å². The molecular formula is C9H6BrClMgS. The molecule has 1 heterocycles. The maximum Gasteiger partial charge on any atom is 2.00 e. The molecule has 0 saturated heterocycles. The first-order valence-corrected chi connectivity index (χ1v) is 4.53. The molecule has 0 atom stereocenters. The van der Waals surface area contributed by atoms with Crippen molar-refractivity contribution in [3.05, 3.63) is 34.2 Å². The minimum Gasteiger partial charge on any atom is -1.00 e. The summed E-state index contributed by atoms with van der Waals surface area (Å²) in [6.45, 7) is 2.05. The molecule has 0 radical (unpaired) electrons. The number of hydrogen-bond acceptors (Lipinski definition) is 1. The first-order chi connectivity index (χ1) is 5.27. The van der Waals surface area contributed by atoms with Crippen molar-refractivity contribution in [3.63, 3.8) is 0 Å². The maximum atomic E-state index is 5.84. The Bertz CT molecular complexity index is 399. The van der Waals surface area contributed by atoms with Gasteiger partial charge in [0.05, 0.1) is 0 Å². The normalized spacial score (nSPS) is 9.08. The van der Waals surface area contributed by atoms with Crippen molar-refractivity contribution in [3.8, 4) is 0 Å². The van der Waals surface area contributed by atoms with Crippen LogP contribution in [0, 0.1) is 12.3 Å². The fourth-order valence-corrected chi connectivity index (χ4v) is 2.07. The zero-order valence-corrected chi connectivity index (χ0v) is 11.7. The Morgan fingerprint density at radius 3 is 2.77 bits per heavy atom. The van der Waals surface area contributed by atoms with Gasteiger partial charge in [-0.2, -0.15) is 10.9 Å². The van der Waals surface area contributed by atoms with E-state index in [1.54, 1.807) is 11.3 Å². The maximum absolute atomic E-state index is 5.84. The van der Waals surface area contributed by atoms with Gasteiger partial charge < -0.3 is 17.0 Å². The van der Waals surface area contributed by atoms with Gasteiger partial charge in [-0.1, -0.05) is 24.6 Å². The predicted octanol–water partition coefficient (Wildman–Crippen LogP) is 0.287. The Kier molecular flexibility index (Phi) is 5.87. The summed E-state index contributed by atoms with van der Waals surface area (Å²) in [7, 11) is 0. The van der Waals surface area contributed by atoms with Crippen molar-refractivity contribution in [1.29, 1.82) is 0 Å². The molecule has 64 valence electrons. The van der Waals surface area contributed by atoms with Gasteiger partial charge in [-0.05, 0) is 0 Å². The Labute approximate surface area is 113 Å². The molecule has 0 N–H and O–H groups in total. The van der Waals surface area contributed by atoms with E-state index < -0.39 is 0 Å². The molecule has 0 aliphatic carbocycles. The Hall–Kier alpha value is 0.716. The van der Waals surface area contributed by atoms with E-state index in [9.17, 15) is 0 Å². The third kappa shape index (κ3) is 2.83. The van der Waals surface area contributed by atoms with E-state index in [1.165, 1.54) is 15.6 Å². The van der Waals surface area contributed by atoms with Crippen LogP contribution in [-0.2, 0) is 0 Å². The van der Waals surface area contributed by atoms with Gasteiger partial charge in [-0.15, -0.1) is 22.2 Å². The Balaban J connectivity index is 0.000000720. The van der Waals surface area contributed by atoms with Crippen molar-refractivity contribution in [2.45, 2.75) is 6.92 Å². The molecule has 0 fully saturated rings. The van der Waals surface area contributed by atoms with Crippen molar-refractivity contribution in [1.82, 2.24) is 0 Å². The summed E-state index contributed by atoms with van der Waals surface area (Å²) >= 11 is 7.48. The topological polar surface area (TPSA) is 0 Å². The van der Waals surface area contributed by atoms with Crippen LogP contribution in [0.1, 0.15) is 5.56 Å². The van der Waals surface area contributed by atoms with Gasteiger partial charge in [-0.3, -0.25) is 11.3 Å². The number of fused-ring (bicyclic) bond motifs is 1. The molecule has 0 bridgehead atoms. The molecule has 0 unspecified atom stereocenters. The fourth-order valence-electron chi connectivity index (χ4n) is 1.07. The molecule has 1 aromatic carbocycles. The SMILES string of the molecule is Cc1[c-]sc2ccc(Cl)cc12.[Br-].[Mg+2]. The second-order valence-electron chi connectivity index (χ2n) is 2.47. The van der Waals surface area contributed by atoms with Gasteiger partial charge in [0.15, 0.2) is 0 Å². The number of hydrogen-bond donors (Lipinski definition) is 0. The van der Waals surface area contributed by atoms with Gasteiger partial charge in [0.1, 0.15) is 0 Å². The monoisotopic (exact) mass is 284 g/mol. The average Bonchev–Trinajstić information content (AvgIpc) is 2.33. The molecule has 0 spiro atoms. The largest absolute Gasteiger partial charge is 2.00 e. The minimum absolute atomic E-state index is 0. The molecular weight excluding hydrogens is 280 g/mol. The smallest absolute Gasteiger partial charge is 1.00 e. The molecule has 1 aromatic heterocycles. The van der Waals surface area contributed by atoms with E-state index in [0.717, 1.165) is 5.02 Å². The van der Waals surface area contributed by atoms with Crippen molar-refractivity contribution in [2.24, 2.45) is 0 Å². The number of rotatable bonds is 0.